The Morgan fingerprint density at radius 1 is 1.33 bits per heavy atom. The molecule has 0 unspecified atom stereocenters. The molecule has 3 heteroatoms. The minimum Gasteiger partial charge on any atom is -0.508 e. The van der Waals surface area contributed by atoms with E-state index in [0.29, 0.717) is 11.8 Å². The van der Waals surface area contributed by atoms with Crippen molar-refractivity contribution < 1.29 is 5.11 Å². The minimum absolute atomic E-state index is 0.379. The fraction of sp³-hybridized carbons (Fsp3) is 0.600. The number of hydrogen-bond donors (Lipinski definition) is 2. The van der Waals surface area contributed by atoms with Crippen LogP contribution in [0.4, 0.5) is 0 Å². The Morgan fingerprint density at radius 3 is 2.78 bits per heavy atom. The lowest BCUT2D eigenvalue weighted by atomic mass is 9.98. The minimum atomic E-state index is 0.379. The molecule has 2 rings (SSSR count). The van der Waals surface area contributed by atoms with Crippen molar-refractivity contribution in [1.82, 2.24) is 10.2 Å². The van der Waals surface area contributed by atoms with Crippen LogP contribution in [0.2, 0.25) is 0 Å². The Bertz CT molecular complexity index is 361. The van der Waals surface area contributed by atoms with Gasteiger partial charge in [0.05, 0.1) is 0 Å². The molecule has 1 aromatic rings. The van der Waals surface area contributed by atoms with Crippen LogP contribution in [-0.2, 0) is 0 Å². The SMILES string of the molecule is CCCC[C@H](c1cccc(O)c1)N1CCNCC1. The average molecular weight is 248 g/mol. The number of benzene rings is 1. The zero-order chi connectivity index (χ0) is 12.8. The molecule has 0 bridgehead atoms. The predicted octanol–water partition coefficient (Wildman–Crippen LogP) is 2.53. The van der Waals surface area contributed by atoms with E-state index in [2.05, 4.69) is 23.2 Å². The number of piperazine rings is 1. The van der Waals surface area contributed by atoms with Crippen molar-refractivity contribution in [3.05, 3.63) is 29.8 Å². The summed E-state index contributed by atoms with van der Waals surface area (Å²) in [5, 5.41) is 13.1. The normalized spacial score (nSPS) is 18.7. The first-order chi connectivity index (χ1) is 8.81. The number of rotatable bonds is 5. The van der Waals surface area contributed by atoms with Crippen LogP contribution >= 0.6 is 0 Å². The molecule has 1 saturated heterocycles. The number of aromatic hydroxyl groups is 1. The summed E-state index contributed by atoms with van der Waals surface area (Å²) >= 11 is 0. The molecule has 0 aromatic heterocycles. The van der Waals surface area contributed by atoms with Gasteiger partial charge >= 0.3 is 0 Å². The smallest absolute Gasteiger partial charge is 0.115 e. The van der Waals surface area contributed by atoms with Gasteiger partial charge in [-0.15, -0.1) is 0 Å². The maximum Gasteiger partial charge on any atom is 0.115 e. The molecule has 1 heterocycles. The van der Waals surface area contributed by atoms with Crippen molar-refractivity contribution >= 4 is 0 Å². The first-order valence-electron chi connectivity index (χ1n) is 7.05. The molecule has 100 valence electrons. The maximum absolute atomic E-state index is 9.65. The highest BCUT2D eigenvalue weighted by Gasteiger charge is 2.21. The first-order valence-corrected chi connectivity index (χ1v) is 7.05. The summed E-state index contributed by atoms with van der Waals surface area (Å²) in [7, 11) is 0. The van der Waals surface area contributed by atoms with Crippen LogP contribution in [0.25, 0.3) is 0 Å². The van der Waals surface area contributed by atoms with Crippen LogP contribution in [0.1, 0.15) is 37.8 Å². The third-order valence-corrected chi connectivity index (χ3v) is 3.68. The number of phenols is 1. The summed E-state index contributed by atoms with van der Waals surface area (Å²) in [4.78, 5) is 2.54. The first kappa shape index (κ1) is 13.4. The van der Waals surface area contributed by atoms with E-state index in [1.807, 2.05) is 12.1 Å². The highest BCUT2D eigenvalue weighted by molar-refractivity contribution is 5.29. The van der Waals surface area contributed by atoms with Gasteiger partial charge in [-0.1, -0.05) is 31.9 Å². The lowest BCUT2D eigenvalue weighted by Gasteiger charge is -2.35. The molecule has 0 amide bonds. The van der Waals surface area contributed by atoms with Crippen LogP contribution in [0, 0.1) is 0 Å². The predicted molar refractivity (Wildman–Crippen MR) is 74.8 cm³/mol. The van der Waals surface area contributed by atoms with Gasteiger partial charge in [0.25, 0.3) is 0 Å². The van der Waals surface area contributed by atoms with E-state index in [-0.39, 0.29) is 0 Å². The Labute approximate surface area is 110 Å². The molecule has 1 aliphatic rings. The summed E-state index contributed by atoms with van der Waals surface area (Å²) in [5.41, 5.74) is 1.25. The molecule has 0 radical (unpaired) electrons. The summed E-state index contributed by atoms with van der Waals surface area (Å²) in [6.45, 7) is 6.58. The van der Waals surface area contributed by atoms with Crippen molar-refractivity contribution in [3.8, 4) is 5.75 Å². The van der Waals surface area contributed by atoms with E-state index in [0.717, 1.165) is 26.2 Å². The number of hydrogen-bond acceptors (Lipinski definition) is 3. The molecular weight excluding hydrogens is 224 g/mol. The highest BCUT2D eigenvalue weighted by Crippen LogP contribution is 2.28. The number of nitrogens with one attached hydrogen (secondary N) is 1. The van der Waals surface area contributed by atoms with Crippen LogP contribution in [0.15, 0.2) is 24.3 Å². The lowest BCUT2D eigenvalue weighted by Crippen LogP contribution is -2.45. The van der Waals surface area contributed by atoms with Crippen LogP contribution in [0.3, 0.4) is 0 Å². The summed E-state index contributed by atoms with van der Waals surface area (Å²) in [5.74, 6) is 0.379. The van der Waals surface area contributed by atoms with Gasteiger partial charge in [0.2, 0.25) is 0 Å². The van der Waals surface area contributed by atoms with Gasteiger partial charge in [-0.3, -0.25) is 4.90 Å². The fourth-order valence-electron chi connectivity index (χ4n) is 2.68. The van der Waals surface area contributed by atoms with Gasteiger partial charge in [0, 0.05) is 32.2 Å². The standard InChI is InChI=1S/C15H24N2O/c1-2-3-7-15(17-10-8-16-9-11-17)13-5-4-6-14(18)12-13/h4-6,12,15-16,18H,2-3,7-11H2,1H3/t15-/m1/s1. The molecule has 3 nitrogen and oxygen atoms in total. The van der Waals surface area contributed by atoms with Crippen molar-refractivity contribution in [2.24, 2.45) is 0 Å². The third-order valence-electron chi connectivity index (χ3n) is 3.68. The van der Waals surface area contributed by atoms with E-state index in [1.54, 1.807) is 6.07 Å². The molecule has 18 heavy (non-hydrogen) atoms. The van der Waals surface area contributed by atoms with Gasteiger partial charge in [-0.2, -0.15) is 0 Å². The Kier molecular flexibility index (Phi) is 5.02. The van der Waals surface area contributed by atoms with Crippen molar-refractivity contribution in [3.63, 3.8) is 0 Å². The third kappa shape index (κ3) is 3.47. The second kappa shape index (κ2) is 6.76. The average Bonchev–Trinajstić information content (AvgIpc) is 2.40. The molecule has 1 fully saturated rings. The zero-order valence-electron chi connectivity index (χ0n) is 11.2. The molecule has 0 saturated carbocycles. The van der Waals surface area contributed by atoms with Gasteiger partial charge in [0.15, 0.2) is 0 Å². The number of nitrogens with zero attached hydrogens (tertiary/aromatic N) is 1. The second-order valence-electron chi connectivity index (χ2n) is 5.04. The maximum atomic E-state index is 9.65. The largest absolute Gasteiger partial charge is 0.508 e. The van der Waals surface area contributed by atoms with Crippen molar-refractivity contribution in [2.75, 3.05) is 26.2 Å². The van der Waals surface area contributed by atoms with Crippen molar-refractivity contribution in [2.45, 2.75) is 32.2 Å². The summed E-state index contributed by atoms with van der Waals surface area (Å²) in [6, 6.07) is 8.22. The van der Waals surface area contributed by atoms with Crippen LogP contribution < -0.4 is 5.32 Å². The van der Waals surface area contributed by atoms with E-state index in [1.165, 1.54) is 24.8 Å². The fourth-order valence-corrected chi connectivity index (χ4v) is 2.68. The van der Waals surface area contributed by atoms with E-state index >= 15 is 0 Å². The van der Waals surface area contributed by atoms with Crippen LogP contribution in [-0.4, -0.2) is 36.2 Å². The Hall–Kier alpha value is -1.06. The van der Waals surface area contributed by atoms with E-state index in [9.17, 15) is 5.11 Å². The molecular formula is C15H24N2O. The molecule has 0 aliphatic carbocycles. The summed E-state index contributed by atoms with van der Waals surface area (Å²) in [6.07, 6.45) is 3.64. The van der Waals surface area contributed by atoms with E-state index < -0.39 is 0 Å². The van der Waals surface area contributed by atoms with Crippen LogP contribution in [0.5, 0.6) is 5.75 Å². The summed E-state index contributed by atoms with van der Waals surface area (Å²) < 4.78 is 0. The molecule has 1 aliphatic heterocycles. The van der Waals surface area contributed by atoms with Gasteiger partial charge in [-0.25, -0.2) is 0 Å². The Balaban J connectivity index is 2.12. The number of unbranched alkanes of at least 4 members (excludes halogenated alkanes) is 1. The zero-order valence-corrected chi connectivity index (χ0v) is 11.2. The monoisotopic (exact) mass is 248 g/mol. The molecule has 0 spiro atoms. The van der Waals surface area contributed by atoms with Gasteiger partial charge in [0.1, 0.15) is 5.75 Å². The van der Waals surface area contributed by atoms with Gasteiger partial charge < -0.3 is 10.4 Å². The van der Waals surface area contributed by atoms with Gasteiger partial charge in [-0.05, 0) is 24.1 Å². The molecule has 1 atom stereocenters. The second-order valence-corrected chi connectivity index (χ2v) is 5.04. The Morgan fingerprint density at radius 2 is 2.11 bits per heavy atom. The number of phenolic OH excluding ortho intramolecular Hbond substituents is 1. The highest BCUT2D eigenvalue weighted by atomic mass is 16.3. The quantitative estimate of drug-likeness (QED) is 0.840. The lowest BCUT2D eigenvalue weighted by molar-refractivity contribution is 0.163. The van der Waals surface area contributed by atoms with Crippen molar-refractivity contribution in [1.29, 1.82) is 0 Å². The van der Waals surface area contributed by atoms with E-state index in [4.69, 9.17) is 0 Å². The molecule has 2 N–H and O–H groups in total. The topological polar surface area (TPSA) is 35.5 Å². The molecule has 1 aromatic carbocycles.